The highest BCUT2D eigenvalue weighted by atomic mass is 19.4. The lowest BCUT2D eigenvalue weighted by Gasteiger charge is -2.12. The molecule has 1 aliphatic heterocycles. The number of amides is 1. The second-order valence-corrected chi connectivity index (χ2v) is 7.16. The summed E-state index contributed by atoms with van der Waals surface area (Å²) < 4.78 is 51.3. The van der Waals surface area contributed by atoms with Crippen LogP contribution in [0.25, 0.3) is 11.0 Å². The van der Waals surface area contributed by atoms with Gasteiger partial charge in [0.1, 0.15) is 16.9 Å². The minimum Gasteiger partial charge on any atom is -0.508 e. The average Bonchev–Trinajstić information content (AvgIpc) is 3.25. The third kappa shape index (κ3) is 4.72. The lowest BCUT2D eigenvalue weighted by atomic mass is 10.1. The first-order chi connectivity index (χ1) is 14.8. The van der Waals surface area contributed by atoms with Crippen molar-refractivity contribution in [1.29, 1.82) is 0 Å². The fourth-order valence-corrected chi connectivity index (χ4v) is 3.38. The van der Waals surface area contributed by atoms with E-state index in [9.17, 15) is 23.1 Å². The van der Waals surface area contributed by atoms with Gasteiger partial charge in [-0.3, -0.25) is 4.79 Å². The van der Waals surface area contributed by atoms with E-state index in [0.717, 1.165) is 18.9 Å². The highest BCUT2D eigenvalue weighted by molar-refractivity contribution is 5.96. The Morgan fingerprint density at radius 3 is 2.74 bits per heavy atom. The largest absolute Gasteiger partial charge is 0.508 e. The molecule has 1 unspecified atom stereocenters. The van der Waals surface area contributed by atoms with Gasteiger partial charge in [0.25, 0.3) is 5.91 Å². The van der Waals surface area contributed by atoms with E-state index in [-0.39, 0.29) is 40.8 Å². The zero-order valence-electron chi connectivity index (χ0n) is 16.3. The molecule has 0 bridgehead atoms. The first-order valence-electron chi connectivity index (χ1n) is 9.69. The van der Waals surface area contributed by atoms with Crippen molar-refractivity contribution in [3.63, 3.8) is 0 Å². The number of para-hydroxylation sites is 1. The number of nitrogens with zero attached hydrogens (tertiary/aromatic N) is 1. The van der Waals surface area contributed by atoms with Gasteiger partial charge in [0.05, 0.1) is 17.4 Å². The second-order valence-electron chi connectivity index (χ2n) is 7.16. The van der Waals surface area contributed by atoms with Crippen LogP contribution in [-0.4, -0.2) is 30.3 Å². The van der Waals surface area contributed by atoms with Crippen LogP contribution in [0.4, 0.5) is 18.9 Å². The number of benzene rings is 2. The molecule has 2 aromatic carbocycles. The summed E-state index contributed by atoms with van der Waals surface area (Å²) in [5.41, 5.74) is -1.47. The van der Waals surface area contributed by atoms with Gasteiger partial charge >= 0.3 is 6.18 Å². The summed E-state index contributed by atoms with van der Waals surface area (Å²) in [5, 5.41) is 12.9. The molecule has 0 spiro atoms. The molecule has 9 heteroatoms. The first kappa shape index (κ1) is 20.9. The Hall–Kier alpha value is -3.33. The van der Waals surface area contributed by atoms with E-state index in [4.69, 9.17) is 9.15 Å². The minimum absolute atomic E-state index is 0.0202. The van der Waals surface area contributed by atoms with Gasteiger partial charge in [0.15, 0.2) is 0 Å². The van der Waals surface area contributed by atoms with Crippen molar-refractivity contribution < 1.29 is 32.2 Å². The summed E-state index contributed by atoms with van der Waals surface area (Å²) in [6, 6.07) is 10.5. The molecule has 0 saturated carbocycles. The van der Waals surface area contributed by atoms with Crippen LogP contribution in [0.5, 0.6) is 5.75 Å². The maximum Gasteiger partial charge on any atom is 0.418 e. The molecule has 0 radical (unpaired) electrons. The molecule has 1 fully saturated rings. The van der Waals surface area contributed by atoms with E-state index in [2.05, 4.69) is 10.3 Å². The molecule has 1 saturated heterocycles. The number of halogens is 3. The maximum absolute atomic E-state index is 13.4. The molecule has 4 rings (SSSR count). The van der Waals surface area contributed by atoms with Gasteiger partial charge in [0.2, 0.25) is 5.55 Å². The SMILES string of the molecule is O=C(NCC1CCCO1)c1cc2ccc(O)cc2oc1=Nc1ccccc1C(F)(F)F. The Bertz CT molecular complexity index is 1180. The van der Waals surface area contributed by atoms with E-state index in [0.29, 0.717) is 12.0 Å². The first-order valence-corrected chi connectivity index (χ1v) is 9.69. The third-order valence-corrected chi connectivity index (χ3v) is 4.92. The van der Waals surface area contributed by atoms with Crippen molar-refractivity contribution >= 4 is 22.6 Å². The Morgan fingerprint density at radius 2 is 2.00 bits per heavy atom. The van der Waals surface area contributed by atoms with Gasteiger partial charge in [-0.05, 0) is 43.2 Å². The number of rotatable bonds is 4. The molecule has 2 heterocycles. The van der Waals surface area contributed by atoms with Gasteiger partial charge in [-0.2, -0.15) is 13.2 Å². The third-order valence-electron chi connectivity index (χ3n) is 4.92. The minimum atomic E-state index is -4.63. The number of carbonyl (C=O) groups excluding carboxylic acids is 1. The number of fused-ring (bicyclic) bond motifs is 1. The van der Waals surface area contributed by atoms with Crippen LogP contribution in [0, 0.1) is 0 Å². The number of nitrogens with one attached hydrogen (secondary N) is 1. The van der Waals surface area contributed by atoms with Gasteiger partial charge in [-0.15, -0.1) is 0 Å². The van der Waals surface area contributed by atoms with Crippen LogP contribution < -0.4 is 10.9 Å². The normalized spacial score (nSPS) is 17.3. The number of phenols is 1. The van der Waals surface area contributed by atoms with Crippen molar-refractivity contribution in [2.24, 2.45) is 4.99 Å². The van der Waals surface area contributed by atoms with Gasteiger partial charge < -0.3 is 19.6 Å². The Kier molecular flexibility index (Phi) is 5.69. The van der Waals surface area contributed by atoms with E-state index in [1.165, 1.54) is 36.4 Å². The molecule has 6 nitrogen and oxygen atoms in total. The Balaban J connectivity index is 1.81. The predicted octanol–water partition coefficient (Wildman–Crippen LogP) is 4.30. The van der Waals surface area contributed by atoms with E-state index in [1.807, 2.05) is 0 Å². The van der Waals surface area contributed by atoms with E-state index < -0.39 is 17.6 Å². The molecule has 31 heavy (non-hydrogen) atoms. The number of aromatic hydroxyl groups is 1. The van der Waals surface area contributed by atoms with Crippen LogP contribution in [-0.2, 0) is 10.9 Å². The maximum atomic E-state index is 13.4. The van der Waals surface area contributed by atoms with Crippen LogP contribution in [0.1, 0.15) is 28.8 Å². The van der Waals surface area contributed by atoms with Crippen molar-refractivity contribution in [1.82, 2.24) is 5.32 Å². The summed E-state index contributed by atoms with van der Waals surface area (Å²) in [7, 11) is 0. The number of alkyl halides is 3. The second kappa shape index (κ2) is 8.43. The number of hydrogen-bond acceptors (Lipinski definition) is 5. The summed E-state index contributed by atoms with van der Waals surface area (Å²) in [6.45, 7) is 0.898. The highest BCUT2D eigenvalue weighted by Crippen LogP contribution is 2.35. The number of phenolic OH excluding ortho intramolecular Hbond substituents is 1. The standard InChI is InChI=1S/C22H19F3N2O4/c23-22(24,25)17-5-1-2-6-18(17)27-21-16(20(29)26-12-15-4-3-9-30-15)10-13-7-8-14(28)11-19(13)31-21/h1-2,5-8,10-11,15,28H,3-4,9,12H2,(H,26,29). The molecular formula is C22H19F3N2O4. The van der Waals surface area contributed by atoms with Crippen molar-refractivity contribution in [2.45, 2.75) is 25.1 Å². The topological polar surface area (TPSA) is 84.1 Å². The molecule has 1 aliphatic rings. The molecule has 2 N–H and O–H groups in total. The fourth-order valence-electron chi connectivity index (χ4n) is 3.38. The van der Waals surface area contributed by atoms with Crippen molar-refractivity contribution in [3.05, 3.63) is 65.2 Å². The number of hydrogen-bond donors (Lipinski definition) is 2. The average molecular weight is 432 g/mol. The summed E-state index contributed by atoms with van der Waals surface area (Å²) >= 11 is 0. The zero-order chi connectivity index (χ0) is 22.0. The molecular weight excluding hydrogens is 413 g/mol. The quantitative estimate of drug-likeness (QED) is 0.644. The van der Waals surface area contributed by atoms with Crippen LogP contribution in [0.15, 0.2) is 57.9 Å². The van der Waals surface area contributed by atoms with Gasteiger partial charge in [-0.25, -0.2) is 4.99 Å². The summed E-state index contributed by atoms with van der Waals surface area (Å²) in [6.07, 6.45) is -3.01. The molecule has 162 valence electrons. The van der Waals surface area contributed by atoms with Crippen molar-refractivity contribution in [3.8, 4) is 5.75 Å². The number of ether oxygens (including phenoxy) is 1. The predicted molar refractivity (Wildman–Crippen MR) is 106 cm³/mol. The van der Waals surface area contributed by atoms with Crippen molar-refractivity contribution in [2.75, 3.05) is 13.2 Å². The molecule has 1 atom stereocenters. The van der Waals surface area contributed by atoms with E-state index in [1.54, 1.807) is 6.07 Å². The molecule has 1 amide bonds. The Morgan fingerprint density at radius 1 is 1.19 bits per heavy atom. The Labute approximate surface area is 175 Å². The number of carbonyl (C=O) groups is 1. The lowest BCUT2D eigenvalue weighted by Crippen LogP contribution is -2.34. The molecule has 3 aromatic rings. The van der Waals surface area contributed by atoms with Crippen LogP contribution in [0.3, 0.4) is 0 Å². The van der Waals surface area contributed by atoms with E-state index >= 15 is 0 Å². The van der Waals surface area contributed by atoms with Crippen LogP contribution >= 0.6 is 0 Å². The lowest BCUT2D eigenvalue weighted by molar-refractivity contribution is -0.137. The monoisotopic (exact) mass is 432 g/mol. The van der Waals surface area contributed by atoms with Crippen LogP contribution in [0.2, 0.25) is 0 Å². The summed E-state index contributed by atoms with van der Waals surface area (Å²) in [5.74, 6) is -0.633. The molecule has 1 aromatic heterocycles. The smallest absolute Gasteiger partial charge is 0.418 e. The fraction of sp³-hybridized carbons (Fsp3) is 0.273. The van der Waals surface area contributed by atoms with Gasteiger partial charge in [0, 0.05) is 24.6 Å². The highest BCUT2D eigenvalue weighted by Gasteiger charge is 2.33. The summed E-state index contributed by atoms with van der Waals surface area (Å²) in [4.78, 5) is 16.9. The zero-order valence-corrected chi connectivity index (χ0v) is 16.3. The molecule has 0 aliphatic carbocycles. The van der Waals surface area contributed by atoms with Gasteiger partial charge in [-0.1, -0.05) is 12.1 Å².